The van der Waals surface area contributed by atoms with Gasteiger partial charge in [-0.05, 0) is 12.8 Å². The number of carbonyl (C=O) groups excluding carboxylic acids is 3. The Hall–Kier alpha value is -1.39. The van der Waals surface area contributed by atoms with Crippen LogP contribution in [-0.2, 0) is 14.4 Å². The van der Waals surface area contributed by atoms with Crippen molar-refractivity contribution in [2.75, 3.05) is 0 Å². The summed E-state index contributed by atoms with van der Waals surface area (Å²) in [5.41, 5.74) is 9.85. The van der Waals surface area contributed by atoms with Crippen LogP contribution in [0.25, 0.3) is 0 Å². The SMILES string of the molecule is NC(=O)CCCCCCCCCC(=O)C(N)=O. The number of hydrogen-bond acceptors (Lipinski definition) is 3. The molecule has 98 valence electrons. The summed E-state index contributed by atoms with van der Waals surface area (Å²) in [5.74, 6) is -1.56. The van der Waals surface area contributed by atoms with Crippen LogP contribution in [-0.4, -0.2) is 17.6 Å². The molecule has 0 saturated carbocycles. The second-order valence-corrected chi connectivity index (χ2v) is 4.23. The van der Waals surface area contributed by atoms with E-state index in [4.69, 9.17) is 11.5 Å². The summed E-state index contributed by atoms with van der Waals surface area (Å²) < 4.78 is 0. The molecule has 0 unspecified atom stereocenters. The lowest BCUT2D eigenvalue weighted by Crippen LogP contribution is -2.22. The second-order valence-electron chi connectivity index (χ2n) is 4.23. The van der Waals surface area contributed by atoms with E-state index in [0.717, 1.165) is 44.9 Å². The number of ketones is 1. The molecule has 2 amide bonds. The molecule has 0 atom stereocenters. The Balaban J connectivity index is 3.16. The van der Waals surface area contributed by atoms with Crippen molar-refractivity contribution in [3.05, 3.63) is 0 Å². The van der Waals surface area contributed by atoms with Gasteiger partial charge in [-0.2, -0.15) is 0 Å². The number of primary amides is 2. The topological polar surface area (TPSA) is 103 Å². The molecule has 0 fully saturated rings. The summed E-state index contributed by atoms with van der Waals surface area (Å²) in [5, 5.41) is 0. The third-order valence-electron chi connectivity index (χ3n) is 2.60. The van der Waals surface area contributed by atoms with E-state index in [1.54, 1.807) is 0 Å². The van der Waals surface area contributed by atoms with Crippen LogP contribution in [0.4, 0.5) is 0 Å². The molecule has 0 rings (SSSR count). The average Bonchev–Trinajstić information content (AvgIpc) is 2.25. The summed E-state index contributed by atoms with van der Waals surface area (Å²) in [6.45, 7) is 0. The molecule has 0 aromatic heterocycles. The van der Waals surface area contributed by atoms with Gasteiger partial charge in [-0.15, -0.1) is 0 Å². The van der Waals surface area contributed by atoms with E-state index < -0.39 is 11.7 Å². The Morgan fingerprint density at radius 2 is 1.06 bits per heavy atom. The zero-order valence-electron chi connectivity index (χ0n) is 10.2. The minimum Gasteiger partial charge on any atom is -0.370 e. The molecule has 5 heteroatoms. The van der Waals surface area contributed by atoms with Crippen molar-refractivity contribution in [3.63, 3.8) is 0 Å². The number of rotatable bonds is 11. The Morgan fingerprint density at radius 3 is 1.47 bits per heavy atom. The number of nitrogens with two attached hydrogens (primary N) is 2. The van der Waals surface area contributed by atoms with Crippen molar-refractivity contribution in [2.45, 2.75) is 57.8 Å². The maximum Gasteiger partial charge on any atom is 0.284 e. The predicted octanol–water partition coefficient (Wildman–Crippen LogP) is 1.04. The fourth-order valence-corrected chi connectivity index (χ4v) is 1.59. The molecule has 0 aliphatic carbocycles. The second kappa shape index (κ2) is 9.81. The first-order valence-electron chi connectivity index (χ1n) is 6.15. The van der Waals surface area contributed by atoms with E-state index in [1.165, 1.54) is 0 Å². The first kappa shape index (κ1) is 15.6. The van der Waals surface area contributed by atoms with Gasteiger partial charge in [-0.1, -0.05) is 32.1 Å². The minimum atomic E-state index is -0.837. The van der Waals surface area contributed by atoms with Gasteiger partial charge in [0.15, 0.2) is 0 Å². The van der Waals surface area contributed by atoms with Gasteiger partial charge in [0.05, 0.1) is 0 Å². The zero-order chi connectivity index (χ0) is 13.1. The van der Waals surface area contributed by atoms with Gasteiger partial charge in [-0.3, -0.25) is 14.4 Å². The van der Waals surface area contributed by atoms with E-state index in [1.807, 2.05) is 0 Å². The van der Waals surface area contributed by atoms with E-state index in [-0.39, 0.29) is 12.3 Å². The van der Waals surface area contributed by atoms with Crippen LogP contribution in [0.5, 0.6) is 0 Å². The quantitative estimate of drug-likeness (QED) is 0.418. The number of hydrogen-bond donors (Lipinski definition) is 2. The van der Waals surface area contributed by atoms with Gasteiger partial charge in [0.25, 0.3) is 5.91 Å². The normalized spacial score (nSPS) is 10.1. The summed E-state index contributed by atoms with van der Waals surface area (Å²) in [6.07, 6.45) is 7.48. The third kappa shape index (κ3) is 10.9. The molecule has 0 radical (unpaired) electrons. The maximum atomic E-state index is 10.9. The van der Waals surface area contributed by atoms with Crippen molar-refractivity contribution in [3.8, 4) is 0 Å². The molecule has 0 heterocycles. The van der Waals surface area contributed by atoms with Gasteiger partial charge < -0.3 is 11.5 Å². The molecule has 4 N–H and O–H groups in total. The van der Waals surface area contributed by atoms with Crippen LogP contribution < -0.4 is 11.5 Å². The number of Topliss-reactive ketones (excluding diaryl/α,β-unsaturated/α-hetero) is 1. The molecule has 0 aliphatic rings. The standard InChI is InChI=1S/C12H22N2O3/c13-11(16)9-7-5-3-1-2-4-6-8-10(15)12(14)17/h1-9H2,(H2,13,16)(H2,14,17). The maximum absolute atomic E-state index is 10.9. The molecule has 0 spiro atoms. The van der Waals surface area contributed by atoms with E-state index in [2.05, 4.69) is 0 Å². The lowest BCUT2D eigenvalue weighted by molar-refractivity contribution is -0.136. The van der Waals surface area contributed by atoms with E-state index >= 15 is 0 Å². The molecule has 0 aromatic carbocycles. The van der Waals surface area contributed by atoms with Crippen LogP contribution in [0.15, 0.2) is 0 Å². The Morgan fingerprint density at radius 1 is 0.647 bits per heavy atom. The number of amides is 2. The van der Waals surface area contributed by atoms with Crippen molar-refractivity contribution >= 4 is 17.6 Å². The van der Waals surface area contributed by atoms with Crippen molar-refractivity contribution in [1.82, 2.24) is 0 Å². The highest BCUT2D eigenvalue weighted by atomic mass is 16.2. The highest BCUT2D eigenvalue weighted by Crippen LogP contribution is 2.09. The van der Waals surface area contributed by atoms with E-state index in [9.17, 15) is 14.4 Å². The molecular formula is C12H22N2O3. The Labute approximate surface area is 102 Å². The lowest BCUT2D eigenvalue weighted by atomic mass is 10.1. The monoisotopic (exact) mass is 242 g/mol. The number of unbranched alkanes of at least 4 members (excludes halogenated alkanes) is 6. The van der Waals surface area contributed by atoms with Crippen molar-refractivity contribution in [1.29, 1.82) is 0 Å². The molecule has 5 nitrogen and oxygen atoms in total. The highest BCUT2D eigenvalue weighted by molar-refractivity contribution is 6.35. The fraction of sp³-hybridized carbons (Fsp3) is 0.750. The summed E-state index contributed by atoms with van der Waals surface area (Å²) in [4.78, 5) is 31.7. The van der Waals surface area contributed by atoms with Crippen molar-refractivity contribution in [2.24, 2.45) is 11.5 Å². The van der Waals surface area contributed by atoms with Gasteiger partial charge in [0.1, 0.15) is 0 Å². The van der Waals surface area contributed by atoms with Gasteiger partial charge in [0, 0.05) is 12.8 Å². The summed E-state index contributed by atoms with van der Waals surface area (Å²) in [7, 11) is 0. The van der Waals surface area contributed by atoms with Crippen LogP contribution in [0, 0.1) is 0 Å². The molecule has 17 heavy (non-hydrogen) atoms. The molecule has 0 bridgehead atoms. The van der Waals surface area contributed by atoms with Crippen LogP contribution in [0.2, 0.25) is 0 Å². The lowest BCUT2D eigenvalue weighted by Gasteiger charge is -2.00. The fourth-order valence-electron chi connectivity index (χ4n) is 1.59. The van der Waals surface area contributed by atoms with Gasteiger partial charge in [-0.25, -0.2) is 0 Å². The average molecular weight is 242 g/mol. The van der Waals surface area contributed by atoms with Crippen LogP contribution in [0.1, 0.15) is 57.8 Å². The van der Waals surface area contributed by atoms with Crippen LogP contribution >= 0.6 is 0 Å². The predicted molar refractivity (Wildman–Crippen MR) is 64.9 cm³/mol. The van der Waals surface area contributed by atoms with Gasteiger partial charge >= 0.3 is 0 Å². The van der Waals surface area contributed by atoms with E-state index in [0.29, 0.717) is 6.42 Å². The zero-order valence-corrected chi connectivity index (χ0v) is 10.2. The smallest absolute Gasteiger partial charge is 0.284 e. The molecule has 0 aliphatic heterocycles. The molecule has 0 saturated heterocycles. The minimum absolute atomic E-state index is 0.241. The summed E-state index contributed by atoms with van der Waals surface area (Å²) >= 11 is 0. The van der Waals surface area contributed by atoms with Crippen LogP contribution in [0.3, 0.4) is 0 Å². The Kier molecular flexibility index (Phi) is 9.01. The highest BCUT2D eigenvalue weighted by Gasteiger charge is 2.07. The largest absolute Gasteiger partial charge is 0.370 e. The van der Waals surface area contributed by atoms with Crippen molar-refractivity contribution < 1.29 is 14.4 Å². The first-order chi connectivity index (χ1) is 8.04. The molecular weight excluding hydrogens is 220 g/mol. The number of carbonyl (C=O) groups is 3. The first-order valence-corrected chi connectivity index (χ1v) is 6.15. The Bertz CT molecular complexity index is 264. The molecule has 0 aromatic rings. The van der Waals surface area contributed by atoms with Gasteiger partial charge in [0.2, 0.25) is 11.7 Å². The third-order valence-corrected chi connectivity index (χ3v) is 2.60. The summed E-state index contributed by atoms with van der Waals surface area (Å²) in [6, 6.07) is 0.